The van der Waals surface area contributed by atoms with Crippen LogP contribution in [0.1, 0.15) is 64.5 Å². The molecule has 0 aromatic carbocycles. The number of aliphatic hydroxyl groups is 2. The van der Waals surface area contributed by atoms with Crippen molar-refractivity contribution in [3.05, 3.63) is 24.2 Å². The SMILES string of the molecule is CC1(C)C(=O)C2(O)C[C@@]34O[C@]2(O)[C@]2(COC(=O)C[C@@H]12)[C@H]3CC[C@]1(C)[C@H]4CC(=O)O[C@H]1c1ccoc1. The van der Waals surface area contributed by atoms with Crippen LogP contribution in [0.3, 0.4) is 0 Å². The number of esters is 2. The van der Waals surface area contributed by atoms with Gasteiger partial charge in [0.15, 0.2) is 11.4 Å². The number of Topliss-reactive ketones (excluding diaryl/α,β-unsaturated/α-hetero) is 1. The molecule has 188 valence electrons. The zero-order valence-corrected chi connectivity index (χ0v) is 20.0. The Kier molecular flexibility index (Phi) is 3.78. The summed E-state index contributed by atoms with van der Waals surface area (Å²) in [5.41, 5.74) is -5.37. The van der Waals surface area contributed by atoms with Crippen molar-refractivity contribution in [2.45, 2.75) is 76.0 Å². The molecule has 9 nitrogen and oxygen atoms in total. The fraction of sp³-hybridized carbons (Fsp3) is 0.731. The fourth-order valence-corrected chi connectivity index (χ4v) is 9.67. The van der Waals surface area contributed by atoms with Crippen molar-refractivity contribution in [3.8, 4) is 0 Å². The quantitative estimate of drug-likeness (QED) is 0.572. The van der Waals surface area contributed by atoms with Gasteiger partial charge in [0.25, 0.3) is 0 Å². The number of furan rings is 1. The zero-order chi connectivity index (χ0) is 24.8. The Morgan fingerprint density at radius 2 is 1.74 bits per heavy atom. The van der Waals surface area contributed by atoms with Crippen LogP contribution in [0, 0.1) is 34.0 Å². The van der Waals surface area contributed by atoms with Gasteiger partial charge in [0.1, 0.15) is 12.7 Å². The average molecular weight is 487 g/mol. The van der Waals surface area contributed by atoms with Gasteiger partial charge in [-0.2, -0.15) is 0 Å². The van der Waals surface area contributed by atoms with E-state index >= 15 is 0 Å². The van der Waals surface area contributed by atoms with Crippen molar-refractivity contribution in [1.29, 1.82) is 0 Å². The third-order valence-electron chi connectivity index (χ3n) is 11.0. The molecule has 0 radical (unpaired) electrons. The van der Waals surface area contributed by atoms with Gasteiger partial charge in [-0.15, -0.1) is 0 Å². The van der Waals surface area contributed by atoms with Gasteiger partial charge in [-0.3, -0.25) is 14.4 Å². The summed E-state index contributed by atoms with van der Waals surface area (Å²) < 4.78 is 23.3. The summed E-state index contributed by atoms with van der Waals surface area (Å²) >= 11 is 0. The minimum Gasteiger partial charge on any atom is -0.472 e. The zero-order valence-electron chi connectivity index (χ0n) is 20.0. The lowest BCUT2D eigenvalue weighted by atomic mass is 9.35. The van der Waals surface area contributed by atoms with Crippen molar-refractivity contribution < 1.29 is 43.2 Å². The van der Waals surface area contributed by atoms with Crippen LogP contribution < -0.4 is 0 Å². The minimum atomic E-state index is -2.21. The van der Waals surface area contributed by atoms with E-state index in [0.29, 0.717) is 12.8 Å². The number of rotatable bonds is 1. The Labute approximate surface area is 202 Å². The van der Waals surface area contributed by atoms with E-state index in [9.17, 15) is 24.6 Å². The molecule has 1 aromatic rings. The number of carbonyl (C=O) groups excluding carboxylic acids is 3. The number of cyclic esters (lactones) is 2. The third kappa shape index (κ3) is 2.06. The molecule has 35 heavy (non-hydrogen) atoms. The normalized spacial score (nSPS) is 53.3. The van der Waals surface area contributed by atoms with E-state index in [0.717, 1.165) is 5.56 Å². The average Bonchev–Trinajstić information content (AvgIpc) is 3.46. The largest absolute Gasteiger partial charge is 0.472 e. The smallest absolute Gasteiger partial charge is 0.306 e. The summed E-state index contributed by atoms with van der Waals surface area (Å²) in [6.45, 7) is 5.41. The topological polar surface area (TPSA) is 132 Å². The van der Waals surface area contributed by atoms with Crippen LogP contribution in [0.5, 0.6) is 0 Å². The Bertz CT molecular complexity index is 1170. The molecule has 4 aliphatic heterocycles. The first-order valence-corrected chi connectivity index (χ1v) is 12.4. The van der Waals surface area contributed by atoms with Crippen LogP contribution in [0.2, 0.25) is 0 Å². The Hall–Kier alpha value is -2.23. The van der Waals surface area contributed by atoms with E-state index in [-0.39, 0.29) is 31.8 Å². The summed E-state index contributed by atoms with van der Waals surface area (Å²) in [5.74, 6) is -4.84. The summed E-state index contributed by atoms with van der Waals surface area (Å²) in [6.07, 6.45) is 3.71. The highest BCUT2D eigenvalue weighted by Gasteiger charge is 2.93. The van der Waals surface area contributed by atoms with Crippen molar-refractivity contribution in [2.24, 2.45) is 34.0 Å². The number of fused-ring (bicyclic) bond motifs is 1. The molecule has 9 atom stereocenters. The first-order chi connectivity index (χ1) is 16.4. The molecular formula is C26H30O9. The maximum atomic E-state index is 13.9. The second kappa shape index (κ2) is 6.01. The van der Waals surface area contributed by atoms with E-state index in [4.69, 9.17) is 18.6 Å². The van der Waals surface area contributed by atoms with Crippen molar-refractivity contribution in [3.63, 3.8) is 0 Å². The van der Waals surface area contributed by atoms with Crippen molar-refractivity contribution in [1.82, 2.24) is 0 Å². The van der Waals surface area contributed by atoms with E-state index < -0.39 is 68.9 Å². The minimum absolute atomic E-state index is 0.0330. The summed E-state index contributed by atoms with van der Waals surface area (Å²) in [4.78, 5) is 39.3. The van der Waals surface area contributed by atoms with Crippen LogP contribution in [0.15, 0.2) is 23.0 Å². The van der Waals surface area contributed by atoms with Crippen LogP contribution in [0.4, 0.5) is 0 Å². The highest BCUT2D eigenvalue weighted by atomic mass is 16.7. The molecule has 4 saturated heterocycles. The van der Waals surface area contributed by atoms with E-state index in [1.54, 1.807) is 26.2 Å². The van der Waals surface area contributed by atoms with E-state index in [1.165, 1.54) is 6.26 Å². The van der Waals surface area contributed by atoms with E-state index in [2.05, 4.69) is 0 Å². The first-order valence-electron chi connectivity index (χ1n) is 12.4. The number of carbonyl (C=O) groups is 3. The first kappa shape index (κ1) is 22.0. The van der Waals surface area contributed by atoms with Gasteiger partial charge in [-0.05, 0) is 24.8 Å². The lowest BCUT2D eigenvalue weighted by molar-refractivity contribution is -0.338. The van der Waals surface area contributed by atoms with Crippen LogP contribution in [-0.2, 0) is 28.6 Å². The number of ether oxygens (including phenoxy) is 3. The third-order valence-corrected chi connectivity index (χ3v) is 11.0. The Morgan fingerprint density at radius 3 is 2.46 bits per heavy atom. The van der Waals surface area contributed by atoms with Crippen molar-refractivity contribution >= 4 is 17.7 Å². The predicted molar refractivity (Wildman–Crippen MR) is 115 cm³/mol. The number of hydrogen-bond donors (Lipinski definition) is 2. The van der Waals surface area contributed by atoms with Crippen LogP contribution in [-0.4, -0.2) is 51.5 Å². The molecule has 6 aliphatic rings. The second-order valence-corrected chi connectivity index (χ2v) is 12.5. The predicted octanol–water partition coefficient (Wildman–Crippen LogP) is 2.05. The lowest BCUT2D eigenvalue weighted by Crippen LogP contribution is -2.81. The molecule has 2 aliphatic carbocycles. The molecule has 2 saturated carbocycles. The Morgan fingerprint density at radius 1 is 1.00 bits per heavy atom. The maximum Gasteiger partial charge on any atom is 0.306 e. The summed E-state index contributed by atoms with van der Waals surface area (Å²) in [6, 6.07) is 1.78. The van der Waals surface area contributed by atoms with Crippen molar-refractivity contribution in [2.75, 3.05) is 6.61 Å². The van der Waals surface area contributed by atoms with Gasteiger partial charge in [-0.1, -0.05) is 20.8 Å². The highest BCUT2D eigenvalue weighted by molar-refractivity contribution is 5.96. The monoisotopic (exact) mass is 486 g/mol. The maximum absolute atomic E-state index is 13.9. The van der Waals surface area contributed by atoms with E-state index in [1.807, 2.05) is 6.92 Å². The molecule has 5 heterocycles. The number of ketones is 1. The van der Waals surface area contributed by atoms with Gasteiger partial charge in [0.2, 0.25) is 5.79 Å². The number of hydrogen-bond acceptors (Lipinski definition) is 9. The standard InChI is InChI=1S/C26H30O9/c1-21(2)15-8-17(27)33-12-23(15)14-4-6-22(3)16(9-18(28)34-19(22)13-5-7-32-10-13)24(14)11-25(30,20(21)29)26(23,31)35-24/h5,7,10,14-16,19,30-31H,4,6,8-9,11-12H2,1-3H3/t14-,15+,16-,19+,22-,23-,24-,25?,26-/m1/s1. The highest BCUT2D eigenvalue weighted by Crippen LogP contribution is 2.81. The van der Waals surface area contributed by atoms with Gasteiger partial charge >= 0.3 is 11.9 Å². The van der Waals surface area contributed by atoms with Gasteiger partial charge in [-0.25, -0.2) is 0 Å². The molecule has 0 amide bonds. The molecule has 1 unspecified atom stereocenters. The molecule has 2 N–H and O–H groups in total. The van der Waals surface area contributed by atoms with Crippen LogP contribution >= 0.6 is 0 Å². The molecule has 2 spiro atoms. The van der Waals surface area contributed by atoms with Crippen LogP contribution in [0.25, 0.3) is 0 Å². The lowest BCUT2D eigenvalue weighted by Gasteiger charge is -2.67. The van der Waals surface area contributed by atoms with Gasteiger partial charge in [0.05, 0.1) is 36.4 Å². The second-order valence-electron chi connectivity index (χ2n) is 12.5. The molecule has 9 heteroatoms. The van der Waals surface area contributed by atoms with Gasteiger partial charge < -0.3 is 28.8 Å². The summed E-state index contributed by atoms with van der Waals surface area (Å²) in [7, 11) is 0. The molecule has 6 fully saturated rings. The summed E-state index contributed by atoms with van der Waals surface area (Å²) in [5, 5.41) is 24.3. The molecule has 7 rings (SSSR count). The fourth-order valence-electron chi connectivity index (χ4n) is 9.67. The molecular weight excluding hydrogens is 456 g/mol. The molecule has 1 aromatic heterocycles. The van der Waals surface area contributed by atoms with Gasteiger partial charge in [0, 0.05) is 34.7 Å². The Balaban J connectivity index is 1.44. The molecule has 2 bridgehead atoms.